The molecule has 0 atom stereocenters. The summed E-state index contributed by atoms with van der Waals surface area (Å²) in [5, 5.41) is 2.20. The molecule has 1 fully saturated rings. The molecule has 8 heteroatoms. The summed E-state index contributed by atoms with van der Waals surface area (Å²) >= 11 is 14.2. The molecule has 5 nitrogen and oxygen atoms in total. The van der Waals surface area contributed by atoms with Crippen LogP contribution in [0.4, 0.5) is 5.82 Å². The topological polar surface area (TPSA) is 49.3 Å². The highest BCUT2D eigenvalue weighted by Gasteiger charge is 2.28. The van der Waals surface area contributed by atoms with Crippen LogP contribution in [-0.2, 0) is 19.3 Å². The Labute approximate surface area is 208 Å². The summed E-state index contributed by atoms with van der Waals surface area (Å²) in [6.07, 6.45) is 7.98. The normalized spacial score (nSPS) is 16.7. The first-order valence-corrected chi connectivity index (χ1v) is 13.4. The number of nitrogens with zero attached hydrogens (tertiary/aromatic N) is 4. The molecular formula is C25H28Cl2N4OS. The molecule has 2 aromatic heterocycles. The van der Waals surface area contributed by atoms with Crippen molar-refractivity contribution >= 4 is 56.5 Å². The van der Waals surface area contributed by atoms with Crippen LogP contribution >= 0.6 is 34.5 Å². The second-order valence-electron chi connectivity index (χ2n) is 8.86. The van der Waals surface area contributed by atoms with Crippen molar-refractivity contribution in [3.05, 3.63) is 50.1 Å². The summed E-state index contributed by atoms with van der Waals surface area (Å²) in [6, 6.07) is 5.05. The van der Waals surface area contributed by atoms with Crippen LogP contribution in [0.1, 0.15) is 59.2 Å². The molecule has 1 amide bonds. The Morgan fingerprint density at radius 3 is 2.61 bits per heavy atom. The molecule has 1 aliphatic heterocycles. The molecule has 0 spiro atoms. The van der Waals surface area contributed by atoms with Crippen LogP contribution in [0.5, 0.6) is 0 Å². The van der Waals surface area contributed by atoms with Gasteiger partial charge in [0.1, 0.15) is 16.5 Å². The molecular weight excluding hydrogens is 475 g/mol. The molecule has 1 saturated heterocycles. The minimum Gasteiger partial charge on any atom is -0.352 e. The number of carbonyl (C=O) groups excluding carboxylic acids is 1. The first-order chi connectivity index (χ1) is 16.0. The van der Waals surface area contributed by atoms with Gasteiger partial charge in [0.05, 0.1) is 16.0 Å². The maximum atomic E-state index is 13.1. The Hall–Kier alpha value is -1.89. The Kier molecular flexibility index (Phi) is 6.77. The van der Waals surface area contributed by atoms with E-state index in [0.29, 0.717) is 28.7 Å². The van der Waals surface area contributed by atoms with E-state index >= 15 is 0 Å². The van der Waals surface area contributed by atoms with E-state index in [4.69, 9.17) is 33.2 Å². The van der Waals surface area contributed by atoms with Gasteiger partial charge in [-0.3, -0.25) is 4.79 Å². The predicted octanol–water partition coefficient (Wildman–Crippen LogP) is 6.18. The third kappa shape index (κ3) is 4.58. The summed E-state index contributed by atoms with van der Waals surface area (Å²) in [5.74, 6) is 1.96. The number of amides is 1. The van der Waals surface area contributed by atoms with Gasteiger partial charge in [-0.25, -0.2) is 9.97 Å². The van der Waals surface area contributed by atoms with Crippen LogP contribution in [0, 0.1) is 0 Å². The van der Waals surface area contributed by atoms with Crippen molar-refractivity contribution in [2.45, 2.75) is 51.9 Å². The summed E-state index contributed by atoms with van der Waals surface area (Å²) in [4.78, 5) is 30.0. The van der Waals surface area contributed by atoms with Crippen LogP contribution in [0.25, 0.3) is 10.2 Å². The van der Waals surface area contributed by atoms with Crippen molar-refractivity contribution in [2.24, 2.45) is 0 Å². The first-order valence-electron chi connectivity index (χ1n) is 11.9. The van der Waals surface area contributed by atoms with Crippen molar-refractivity contribution in [1.29, 1.82) is 0 Å². The number of rotatable bonds is 4. The van der Waals surface area contributed by atoms with E-state index in [1.165, 1.54) is 35.1 Å². The number of aryl methyl sites for hydroxylation is 3. The number of thiophene rings is 1. The highest BCUT2D eigenvalue weighted by atomic mass is 35.5. The molecule has 0 bridgehead atoms. The molecule has 3 heterocycles. The summed E-state index contributed by atoms with van der Waals surface area (Å²) in [5.41, 5.74) is 1.98. The number of fused-ring (bicyclic) bond motifs is 3. The van der Waals surface area contributed by atoms with Crippen LogP contribution in [0.3, 0.4) is 0 Å². The van der Waals surface area contributed by atoms with Crippen LogP contribution in [0.2, 0.25) is 10.0 Å². The Bertz CT molecular complexity index is 1190. The van der Waals surface area contributed by atoms with Gasteiger partial charge < -0.3 is 9.80 Å². The van der Waals surface area contributed by atoms with E-state index in [0.717, 1.165) is 55.2 Å². The molecule has 1 aliphatic carbocycles. The number of aromatic nitrogens is 2. The molecule has 1 aromatic carbocycles. The molecule has 0 saturated carbocycles. The molecule has 33 heavy (non-hydrogen) atoms. The third-order valence-electron chi connectivity index (χ3n) is 6.59. The monoisotopic (exact) mass is 502 g/mol. The van der Waals surface area contributed by atoms with E-state index in [1.54, 1.807) is 18.2 Å². The minimum atomic E-state index is -0.0415. The summed E-state index contributed by atoms with van der Waals surface area (Å²) in [6.45, 7) is 4.94. The lowest BCUT2D eigenvalue weighted by molar-refractivity contribution is 0.0747. The molecule has 2 aliphatic rings. The lowest BCUT2D eigenvalue weighted by atomic mass is 10.1. The smallest absolute Gasteiger partial charge is 0.255 e. The average molecular weight is 503 g/mol. The Morgan fingerprint density at radius 2 is 1.85 bits per heavy atom. The number of hydrogen-bond donors (Lipinski definition) is 0. The number of anilines is 1. The maximum absolute atomic E-state index is 13.1. The number of hydrogen-bond acceptors (Lipinski definition) is 5. The van der Waals surface area contributed by atoms with Gasteiger partial charge >= 0.3 is 0 Å². The average Bonchev–Trinajstić information content (AvgIpc) is 2.99. The van der Waals surface area contributed by atoms with E-state index in [-0.39, 0.29) is 5.91 Å². The van der Waals surface area contributed by atoms with E-state index < -0.39 is 0 Å². The standard InChI is InChI=1S/C25H28Cl2N4OS/c1-2-6-21-28-23(22-18-7-4-3-5-8-20(18)33-24(22)29-21)30-11-13-31(14-12-30)25(32)17-10-9-16(26)15-19(17)27/h9-10,15H,2-8,11-14H2,1H3. The van der Waals surface area contributed by atoms with Crippen LogP contribution < -0.4 is 4.90 Å². The fraction of sp³-hybridized carbons (Fsp3) is 0.480. The van der Waals surface area contributed by atoms with E-state index in [1.807, 2.05) is 16.2 Å². The second kappa shape index (κ2) is 9.77. The van der Waals surface area contributed by atoms with Gasteiger partial charge in [0, 0.05) is 42.5 Å². The second-order valence-corrected chi connectivity index (χ2v) is 10.8. The summed E-state index contributed by atoms with van der Waals surface area (Å²) in [7, 11) is 0. The van der Waals surface area contributed by atoms with Crippen LogP contribution in [0.15, 0.2) is 18.2 Å². The fourth-order valence-electron chi connectivity index (χ4n) is 4.88. The minimum absolute atomic E-state index is 0.0415. The number of halogens is 2. The lowest BCUT2D eigenvalue weighted by Crippen LogP contribution is -2.49. The highest BCUT2D eigenvalue weighted by molar-refractivity contribution is 7.19. The SMILES string of the molecule is CCCc1nc(N2CCN(C(=O)c3ccc(Cl)cc3Cl)CC2)c2c3c(sc2n1)CCCCC3. The van der Waals surface area contributed by atoms with Crippen molar-refractivity contribution in [3.8, 4) is 0 Å². The largest absolute Gasteiger partial charge is 0.352 e. The van der Waals surface area contributed by atoms with E-state index in [2.05, 4.69) is 11.8 Å². The van der Waals surface area contributed by atoms with Gasteiger partial charge in [-0.1, -0.05) is 36.5 Å². The van der Waals surface area contributed by atoms with Crippen molar-refractivity contribution in [3.63, 3.8) is 0 Å². The first kappa shape index (κ1) is 22.9. The molecule has 0 N–H and O–H groups in total. The fourth-order valence-corrected chi connectivity index (χ4v) is 6.64. The zero-order valence-electron chi connectivity index (χ0n) is 18.9. The molecule has 0 radical (unpaired) electrons. The van der Waals surface area contributed by atoms with Crippen molar-refractivity contribution < 1.29 is 4.79 Å². The van der Waals surface area contributed by atoms with Gasteiger partial charge in [0.2, 0.25) is 0 Å². The lowest BCUT2D eigenvalue weighted by Gasteiger charge is -2.36. The van der Waals surface area contributed by atoms with Gasteiger partial charge in [-0.05, 0) is 55.9 Å². The number of benzene rings is 1. The quantitative estimate of drug-likeness (QED) is 0.399. The Morgan fingerprint density at radius 1 is 1.06 bits per heavy atom. The number of carbonyl (C=O) groups is 1. The number of piperazine rings is 1. The van der Waals surface area contributed by atoms with E-state index in [9.17, 15) is 4.79 Å². The Balaban J connectivity index is 1.42. The predicted molar refractivity (Wildman–Crippen MR) is 137 cm³/mol. The van der Waals surface area contributed by atoms with Gasteiger partial charge in [0.15, 0.2) is 0 Å². The molecule has 5 rings (SSSR count). The van der Waals surface area contributed by atoms with Gasteiger partial charge in [-0.2, -0.15) is 0 Å². The van der Waals surface area contributed by atoms with Crippen molar-refractivity contribution in [1.82, 2.24) is 14.9 Å². The van der Waals surface area contributed by atoms with Gasteiger partial charge in [0.25, 0.3) is 5.91 Å². The maximum Gasteiger partial charge on any atom is 0.255 e. The molecule has 0 unspecified atom stereocenters. The molecule has 174 valence electrons. The summed E-state index contributed by atoms with van der Waals surface area (Å²) < 4.78 is 0. The zero-order valence-corrected chi connectivity index (χ0v) is 21.2. The van der Waals surface area contributed by atoms with Crippen LogP contribution in [-0.4, -0.2) is 47.0 Å². The zero-order chi connectivity index (χ0) is 22.9. The van der Waals surface area contributed by atoms with Gasteiger partial charge in [-0.15, -0.1) is 11.3 Å². The third-order valence-corrected chi connectivity index (χ3v) is 8.33. The highest BCUT2D eigenvalue weighted by Crippen LogP contribution is 2.39. The molecule has 3 aromatic rings. The van der Waals surface area contributed by atoms with Crippen molar-refractivity contribution in [2.75, 3.05) is 31.1 Å².